The Morgan fingerprint density at radius 3 is 2.38 bits per heavy atom. The van der Waals surface area contributed by atoms with Crippen LogP contribution in [0.1, 0.15) is 37.2 Å². The summed E-state index contributed by atoms with van der Waals surface area (Å²) >= 11 is 12.3. The van der Waals surface area contributed by atoms with Gasteiger partial charge in [0.05, 0.1) is 16.1 Å². The van der Waals surface area contributed by atoms with Crippen LogP contribution in [0.4, 0.5) is 4.79 Å². The molecule has 1 N–H and O–H groups in total. The smallest absolute Gasteiger partial charge is 0.407 e. The second-order valence-corrected chi connectivity index (χ2v) is 9.95. The van der Waals surface area contributed by atoms with E-state index in [1.807, 2.05) is 11.0 Å². The maximum atomic E-state index is 13.4. The van der Waals surface area contributed by atoms with Crippen LogP contribution in [-0.4, -0.2) is 90.3 Å². The number of hydrogen-bond donors (Lipinski definition) is 1. The van der Waals surface area contributed by atoms with Crippen molar-refractivity contribution in [2.45, 2.75) is 43.7 Å². The van der Waals surface area contributed by atoms with E-state index in [1.54, 1.807) is 19.2 Å². The molecule has 0 spiro atoms. The number of carbonyl (C=O) groups excluding carboxylic acids is 1. The maximum Gasteiger partial charge on any atom is 0.407 e. The Hall–Kier alpha value is -1.54. The number of likely N-dealkylation sites (N-methyl/N-ethyl adjacent to an activating group) is 1. The van der Waals surface area contributed by atoms with Gasteiger partial charge < -0.3 is 24.5 Å². The van der Waals surface area contributed by atoms with Crippen LogP contribution in [0, 0.1) is 5.92 Å². The quantitative estimate of drug-likeness (QED) is 0.704. The molecule has 3 saturated heterocycles. The van der Waals surface area contributed by atoms with Crippen LogP contribution in [0.2, 0.25) is 10.0 Å². The van der Waals surface area contributed by atoms with E-state index in [4.69, 9.17) is 27.9 Å². The monoisotopic (exact) mass is 483 g/mol. The predicted molar refractivity (Wildman–Crippen MR) is 123 cm³/mol. The van der Waals surface area contributed by atoms with Crippen LogP contribution in [0.15, 0.2) is 18.2 Å². The third kappa shape index (κ3) is 5.01. The second kappa shape index (κ2) is 10.2. The molecule has 3 fully saturated rings. The van der Waals surface area contributed by atoms with Crippen molar-refractivity contribution in [1.82, 2.24) is 14.7 Å². The summed E-state index contributed by atoms with van der Waals surface area (Å²) in [5.41, 5.74) is 0.905. The summed E-state index contributed by atoms with van der Waals surface area (Å²) < 4.78 is 5.48. The molecule has 3 heterocycles. The number of benzene rings is 1. The summed E-state index contributed by atoms with van der Waals surface area (Å²) in [5, 5.41) is 10.5. The average Bonchev–Trinajstić information content (AvgIpc) is 3.26. The molecule has 0 unspecified atom stereocenters. The third-order valence-electron chi connectivity index (χ3n) is 7.36. The minimum absolute atomic E-state index is 0.00516. The van der Waals surface area contributed by atoms with Crippen molar-refractivity contribution in [3.05, 3.63) is 33.8 Å². The van der Waals surface area contributed by atoms with Crippen molar-refractivity contribution in [2.75, 3.05) is 46.4 Å². The summed E-state index contributed by atoms with van der Waals surface area (Å²) in [6, 6.07) is 5.64. The standard InChI is InChI=1S/C23H31Cl2N3O4/c1-26(23(30)31)21-14-28(13-18(21)16-2-3-19(24)20(25)12-16)22(29)15-4-8-27(9-5-15)17-6-10-32-11-7-17/h2-3,12,15,17-18,21H,4-11,13-14H2,1H3,(H,30,31)/t18-,21+/m1/s1. The fourth-order valence-electron chi connectivity index (χ4n) is 5.39. The molecule has 0 radical (unpaired) electrons. The van der Waals surface area contributed by atoms with Crippen LogP contribution in [0.5, 0.6) is 0 Å². The molecule has 9 heteroatoms. The molecule has 0 aliphatic carbocycles. The van der Waals surface area contributed by atoms with Gasteiger partial charge in [0, 0.05) is 51.2 Å². The van der Waals surface area contributed by atoms with E-state index in [0.29, 0.717) is 29.2 Å². The van der Waals surface area contributed by atoms with Crippen LogP contribution in [0.25, 0.3) is 0 Å². The van der Waals surface area contributed by atoms with Gasteiger partial charge in [-0.05, 0) is 56.5 Å². The summed E-state index contributed by atoms with van der Waals surface area (Å²) in [6.45, 7) is 4.40. The minimum Gasteiger partial charge on any atom is -0.465 e. The fraction of sp³-hybridized carbons (Fsp3) is 0.652. The van der Waals surface area contributed by atoms with Gasteiger partial charge in [0.1, 0.15) is 0 Å². The second-order valence-electron chi connectivity index (χ2n) is 9.14. The lowest BCUT2D eigenvalue weighted by atomic mass is 9.92. The van der Waals surface area contributed by atoms with E-state index < -0.39 is 6.09 Å². The molecule has 32 heavy (non-hydrogen) atoms. The first-order valence-electron chi connectivity index (χ1n) is 11.4. The lowest BCUT2D eigenvalue weighted by Gasteiger charge is -2.39. The van der Waals surface area contributed by atoms with E-state index in [-0.39, 0.29) is 23.8 Å². The van der Waals surface area contributed by atoms with Crippen molar-refractivity contribution < 1.29 is 19.4 Å². The first kappa shape index (κ1) is 23.6. The molecule has 1 aromatic rings. The van der Waals surface area contributed by atoms with Gasteiger partial charge in [-0.1, -0.05) is 29.3 Å². The molecule has 2 atom stereocenters. The number of piperidine rings is 1. The molecule has 1 aromatic carbocycles. The van der Waals surface area contributed by atoms with Gasteiger partial charge in [0.15, 0.2) is 0 Å². The Morgan fingerprint density at radius 2 is 1.75 bits per heavy atom. The Morgan fingerprint density at radius 1 is 1.06 bits per heavy atom. The number of hydrogen-bond acceptors (Lipinski definition) is 4. The van der Waals surface area contributed by atoms with Crippen molar-refractivity contribution in [3.8, 4) is 0 Å². The van der Waals surface area contributed by atoms with Crippen LogP contribution < -0.4 is 0 Å². The largest absolute Gasteiger partial charge is 0.465 e. The van der Waals surface area contributed by atoms with Crippen LogP contribution in [0.3, 0.4) is 0 Å². The van der Waals surface area contributed by atoms with Gasteiger partial charge in [0.2, 0.25) is 5.91 Å². The number of amides is 2. The molecule has 4 rings (SSSR count). The summed E-state index contributed by atoms with van der Waals surface area (Å²) in [5.74, 6) is -0.00504. The number of ether oxygens (including phenoxy) is 1. The zero-order chi connectivity index (χ0) is 22.8. The average molecular weight is 484 g/mol. The highest BCUT2D eigenvalue weighted by molar-refractivity contribution is 6.42. The SMILES string of the molecule is CN(C(=O)O)[C@H]1CN(C(=O)C2CCN(C3CCOCC3)CC2)C[C@@H]1c1ccc(Cl)c(Cl)c1. The number of rotatable bonds is 4. The Kier molecular flexibility index (Phi) is 7.50. The number of carboxylic acid groups (broad SMARTS) is 1. The fourth-order valence-corrected chi connectivity index (χ4v) is 5.70. The third-order valence-corrected chi connectivity index (χ3v) is 8.10. The molecule has 176 valence electrons. The summed E-state index contributed by atoms with van der Waals surface area (Å²) in [4.78, 5) is 30.8. The predicted octanol–water partition coefficient (Wildman–Crippen LogP) is 3.79. The molecule has 3 aliphatic rings. The summed E-state index contributed by atoms with van der Waals surface area (Å²) in [7, 11) is 1.57. The van der Waals surface area contributed by atoms with Crippen LogP contribution in [-0.2, 0) is 9.53 Å². The van der Waals surface area contributed by atoms with E-state index in [1.165, 1.54) is 4.90 Å². The lowest BCUT2D eigenvalue weighted by Crippen LogP contribution is -2.47. The van der Waals surface area contributed by atoms with Gasteiger partial charge >= 0.3 is 6.09 Å². The Balaban J connectivity index is 1.43. The first-order chi connectivity index (χ1) is 15.3. The Bertz CT molecular complexity index is 841. The normalized spacial score (nSPS) is 25.8. The number of nitrogens with zero attached hydrogens (tertiary/aromatic N) is 3. The molecule has 7 nitrogen and oxygen atoms in total. The van der Waals surface area contributed by atoms with Crippen molar-refractivity contribution in [3.63, 3.8) is 0 Å². The Labute approximate surface area is 199 Å². The van der Waals surface area contributed by atoms with Gasteiger partial charge in [-0.15, -0.1) is 0 Å². The molecular weight excluding hydrogens is 453 g/mol. The zero-order valence-electron chi connectivity index (χ0n) is 18.4. The van der Waals surface area contributed by atoms with Crippen molar-refractivity contribution in [1.29, 1.82) is 0 Å². The molecule has 2 amide bonds. The number of halogens is 2. The molecule has 0 saturated carbocycles. The highest BCUT2D eigenvalue weighted by atomic mass is 35.5. The number of carbonyl (C=O) groups is 2. The van der Waals surface area contributed by atoms with E-state index >= 15 is 0 Å². The molecule has 0 bridgehead atoms. The number of likely N-dealkylation sites (tertiary alicyclic amines) is 2. The van der Waals surface area contributed by atoms with E-state index in [9.17, 15) is 14.7 Å². The van der Waals surface area contributed by atoms with Gasteiger partial charge in [0.25, 0.3) is 0 Å². The summed E-state index contributed by atoms with van der Waals surface area (Å²) in [6.07, 6.45) is 2.84. The first-order valence-corrected chi connectivity index (χ1v) is 12.1. The van der Waals surface area contributed by atoms with Gasteiger partial charge in [-0.25, -0.2) is 4.79 Å². The highest BCUT2D eigenvalue weighted by Crippen LogP contribution is 2.36. The highest BCUT2D eigenvalue weighted by Gasteiger charge is 2.42. The lowest BCUT2D eigenvalue weighted by molar-refractivity contribution is -0.136. The van der Waals surface area contributed by atoms with E-state index in [2.05, 4.69) is 4.90 Å². The molecule has 3 aliphatic heterocycles. The maximum absolute atomic E-state index is 13.4. The molecular formula is C23H31Cl2N3O4. The van der Waals surface area contributed by atoms with Crippen molar-refractivity contribution in [2.24, 2.45) is 5.92 Å². The van der Waals surface area contributed by atoms with Crippen LogP contribution >= 0.6 is 23.2 Å². The van der Waals surface area contributed by atoms with Crippen molar-refractivity contribution >= 4 is 35.2 Å². The van der Waals surface area contributed by atoms with E-state index in [0.717, 1.165) is 57.6 Å². The topological polar surface area (TPSA) is 73.3 Å². The van der Waals surface area contributed by atoms with Gasteiger partial charge in [-0.3, -0.25) is 4.79 Å². The van der Waals surface area contributed by atoms with Gasteiger partial charge in [-0.2, -0.15) is 0 Å². The minimum atomic E-state index is -1.00. The molecule has 0 aromatic heterocycles. The zero-order valence-corrected chi connectivity index (χ0v) is 19.9.